The topological polar surface area (TPSA) is 0 Å². The van der Waals surface area contributed by atoms with Crippen molar-refractivity contribution >= 4 is 0 Å². The Morgan fingerprint density at radius 3 is 1.86 bits per heavy atom. The number of hydrogen-bond acceptors (Lipinski definition) is 0. The molecule has 5 aliphatic carbocycles. The Balaban J connectivity index is 2.07. The molecule has 2 bridgehead atoms. The van der Waals surface area contributed by atoms with Crippen LogP contribution in [0.4, 0.5) is 0 Å². The molecule has 2 atom stereocenters. The van der Waals surface area contributed by atoms with Gasteiger partial charge in [-0.25, -0.2) is 0 Å². The van der Waals surface area contributed by atoms with Gasteiger partial charge in [-0.15, -0.1) is 0 Å². The molecule has 0 heteroatoms. The van der Waals surface area contributed by atoms with Crippen LogP contribution in [0.1, 0.15) is 9.16 Å². The lowest BCUT2D eigenvalue weighted by Crippen LogP contribution is -2.00. The highest BCUT2D eigenvalue weighted by Crippen LogP contribution is 2.92. The highest BCUT2D eigenvalue weighted by Gasteiger charge is 2.87. The Bertz CT molecular complexity index is 203. The molecule has 0 amide bonds. The van der Waals surface area contributed by atoms with Crippen LogP contribution < -0.4 is 0 Å². The van der Waals surface area contributed by atoms with Crippen LogP contribution in [0.15, 0.2) is 0 Å². The van der Waals surface area contributed by atoms with E-state index in [9.17, 15) is 0 Å². The summed E-state index contributed by atoms with van der Waals surface area (Å²) in [6.07, 6.45) is 1.24. The van der Waals surface area contributed by atoms with Crippen molar-refractivity contribution in [3.05, 3.63) is 0 Å². The molecule has 7 heavy (non-hydrogen) atoms. The minimum atomic E-state index is -0.0214. The van der Waals surface area contributed by atoms with Crippen LogP contribution in [0.5, 0.6) is 0 Å². The van der Waals surface area contributed by atoms with Crippen LogP contribution >= 0.6 is 0 Å². The quantitative estimate of drug-likeness (QED) is 0.422. The van der Waals surface area contributed by atoms with Gasteiger partial charge >= 0.3 is 0 Å². The van der Waals surface area contributed by atoms with Crippen molar-refractivity contribution in [3.63, 3.8) is 0 Å². The summed E-state index contributed by atoms with van der Waals surface area (Å²) in [5, 5.41) is 0. The smallest absolute Gasteiger partial charge is 0.0312 e. The third kappa shape index (κ3) is 0.0938. The molecular formula is C7H8. The third-order valence-corrected chi connectivity index (χ3v) is 3.39. The van der Waals surface area contributed by atoms with Gasteiger partial charge in [-0.2, -0.15) is 0 Å². The predicted molar refractivity (Wildman–Crippen MR) is 25.6 cm³/mol. The molecule has 5 rings (SSSR count). The molecule has 0 spiro atoms. The fourth-order valence-electron chi connectivity index (χ4n) is 3.10. The van der Waals surface area contributed by atoms with E-state index in [2.05, 4.69) is 0 Å². The van der Waals surface area contributed by atoms with Crippen molar-refractivity contribution in [2.24, 2.45) is 35.5 Å². The van der Waals surface area contributed by atoms with Gasteiger partial charge in [-0.1, -0.05) is 0 Å². The Morgan fingerprint density at radius 1 is 1.14 bits per heavy atom. The largest absolute Gasteiger partial charge is 0.0464 e. The second-order valence-corrected chi connectivity index (χ2v) is 3.40. The minimum absolute atomic E-state index is 0.0214. The summed E-state index contributed by atoms with van der Waals surface area (Å²) < 4.78 is 15.7. The first-order chi connectivity index (χ1) is 4.22. The Hall–Kier alpha value is 0. The first-order valence-corrected chi connectivity index (χ1v) is 3.22. The van der Waals surface area contributed by atoms with Crippen LogP contribution in [0.3, 0.4) is 0 Å². The molecule has 5 fully saturated rings. The van der Waals surface area contributed by atoms with Gasteiger partial charge in [-0.3, -0.25) is 0 Å². The zero-order valence-corrected chi connectivity index (χ0v) is 4.02. The van der Waals surface area contributed by atoms with Crippen molar-refractivity contribution in [3.8, 4) is 0 Å². The zero-order valence-electron chi connectivity index (χ0n) is 6.02. The summed E-state index contributed by atoms with van der Waals surface area (Å²) in [5.41, 5.74) is 0. The molecular weight excluding hydrogens is 84.1 g/mol. The van der Waals surface area contributed by atoms with Crippen molar-refractivity contribution in [1.82, 2.24) is 0 Å². The molecule has 0 radical (unpaired) electrons. The van der Waals surface area contributed by atoms with Crippen LogP contribution in [-0.4, -0.2) is 0 Å². The van der Waals surface area contributed by atoms with Gasteiger partial charge in [-0.05, 0) is 41.9 Å². The lowest BCUT2D eigenvalue weighted by atomic mass is 10.0. The SMILES string of the molecule is [2H]C12C3CC4C1C4([2H])C32. The molecule has 0 aromatic rings. The lowest BCUT2D eigenvalue weighted by Gasteiger charge is -2.03. The van der Waals surface area contributed by atoms with E-state index in [0.717, 1.165) is 0 Å². The standard InChI is InChI=1S/C7H8/c1-2-4-5(2)7-3(1)6(4)7/h2-7H,1H2/i4D,7D. The molecule has 0 heterocycles. The number of rotatable bonds is 0. The second-order valence-electron chi connectivity index (χ2n) is 3.40. The molecule has 36 valence electrons. The molecule has 0 aromatic heterocycles. The van der Waals surface area contributed by atoms with E-state index in [1.165, 1.54) is 6.42 Å². The summed E-state index contributed by atoms with van der Waals surface area (Å²) >= 11 is 0. The van der Waals surface area contributed by atoms with Gasteiger partial charge in [0.25, 0.3) is 0 Å². The summed E-state index contributed by atoms with van der Waals surface area (Å²) in [6, 6.07) is 0. The summed E-state index contributed by atoms with van der Waals surface area (Å²) in [7, 11) is 0. The number of hydrogen-bond donors (Lipinski definition) is 0. The maximum absolute atomic E-state index is 7.84. The average Bonchev–Trinajstić information content (AvgIpc) is 2.38. The molecule has 2 unspecified atom stereocenters. The first kappa shape index (κ1) is 1.75. The molecule has 5 saturated carbocycles. The van der Waals surface area contributed by atoms with Gasteiger partial charge in [0.2, 0.25) is 0 Å². The fourth-order valence-corrected chi connectivity index (χ4v) is 3.10. The Kier molecular flexibility index (Phi) is 0.104. The van der Waals surface area contributed by atoms with E-state index in [1.54, 1.807) is 0 Å². The maximum Gasteiger partial charge on any atom is 0.0312 e. The second kappa shape index (κ2) is 0.416. The van der Waals surface area contributed by atoms with Crippen molar-refractivity contribution in [2.45, 2.75) is 6.42 Å². The molecule has 0 aromatic carbocycles. The normalized spacial score (nSPS) is 121. The van der Waals surface area contributed by atoms with Crippen LogP contribution in [-0.2, 0) is 0 Å². The van der Waals surface area contributed by atoms with Gasteiger partial charge < -0.3 is 0 Å². The molecule has 0 nitrogen and oxygen atoms in total. The fraction of sp³-hybridized carbons (Fsp3) is 1.00. The van der Waals surface area contributed by atoms with E-state index in [1.807, 2.05) is 0 Å². The van der Waals surface area contributed by atoms with E-state index >= 15 is 0 Å². The van der Waals surface area contributed by atoms with Gasteiger partial charge in [0, 0.05) is 2.74 Å². The van der Waals surface area contributed by atoms with Crippen molar-refractivity contribution in [2.75, 3.05) is 0 Å². The highest BCUT2D eigenvalue weighted by molar-refractivity contribution is 5.34. The van der Waals surface area contributed by atoms with Crippen molar-refractivity contribution < 1.29 is 2.74 Å². The average molecular weight is 94.2 g/mol. The van der Waals surface area contributed by atoms with Crippen LogP contribution in [0.25, 0.3) is 0 Å². The highest BCUT2D eigenvalue weighted by atomic mass is 14.9. The summed E-state index contributed by atoms with van der Waals surface area (Å²) in [4.78, 5) is 0. The van der Waals surface area contributed by atoms with E-state index in [4.69, 9.17) is 2.74 Å². The van der Waals surface area contributed by atoms with Crippen LogP contribution in [0.2, 0.25) is 0 Å². The predicted octanol–water partition coefficient (Wildman–Crippen LogP) is 1.13. The van der Waals surface area contributed by atoms with Crippen molar-refractivity contribution in [1.29, 1.82) is 0 Å². The van der Waals surface area contributed by atoms with Gasteiger partial charge in [0.1, 0.15) is 0 Å². The van der Waals surface area contributed by atoms with Gasteiger partial charge in [0.05, 0.1) is 0 Å². The van der Waals surface area contributed by atoms with Crippen LogP contribution in [0, 0.1) is 35.5 Å². The molecule has 0 N–H and O–H groups in total. The molecule has 0 saturated heterocycles. The molecule has 5 aliphatic rings. The molecule has 0 aliphatic heterocycles. The maximum atomic E-state index is 7.84. The monoisotopic (exact) mass is 94.1 g/mol. The third-order valence-electron chi connectivity index (χ3n) is 3.39. The summed E-state index contributed by atoms with van der Waals surface area (Å²) in [6.45, 7) is 0. The van der Waals surface area contributed by atoms with E-state index < -0.39 is 0 Å². The Morgan fingerprint density at radius 2 is 1.71 bits per heavy atom. The summed E-state index contributed by atoms with van der Waals surface area (Å²) in [5.74, 6) is 2.41. The lowest BCUT2D eigenvalue weighted by molar-refractivity contribution is 0.434. The minimum Gasteiger partial charge on any atom is -0.0464 e. The first-order valence-electron chi connectivity index (χ1n) is 4.22. The Labute approximate surface area is 45.7 Å². The van der Waals surface area contributed by atoms with E-state index in [0.29, 0.717) is 23.7 Å². The van der Waals surface area contributed by atoms with E-state index in [-0.39, 0.29) is 11.8 Å². The van der Waals surface area contributed by atoms with Gasteiger partial charge in [0.15, 0.2) is 0 Å². The zero-order chi connectivity index (χ0) is 6.02.